The lowest BCUT2D eigenvalue weighted by Crippen LogP contribution is -2.49. The average molecular weight is 364 g/mol. The molecule has 1 aromatic rings. The van der Waals surface area contributed by atoms with Crippen LogP contribution in [0, 0.1) is 9.39 Å². The second kappa shape index (κ2) is 6.47. The Morgan fingerprint density at radius 2 is 2.06 bits per heavy atom. The maximum Gasteiger partial charge on any atom is 0.251 e. The van der Waals surface area contributed by atoms with Crippen molar-refractivity contribution in [2.75, 3.05) is 6.54 Å². The Bertz CT molecular complexity index is 433. The molecule has 0 atom stereocenters. The van der Waals surface area contributed by atoms with Gasteiger partial charge in [-0.2, -0.15) is 0 Å². The van der Waals surface area contributed by atoms with Crippen LogP contribution in [0.1, 0.15) is 37.0 Å². The summed E-state index contributed by atoms with van der Waals surface area (Å²) in [6.45, 7) is 4.37. The second-order valence-corrected chi connectivity index (χ2v) is 5.54. The summed E-state index contributed by atoms with van der Waals surface area (Å²) in [5.74, 6) is -0.671. The van der Waals surface area contributed by atoms with Gasteiger partial charge in [-0.1, -0.05) is 13.8 Å². The van der Waals surface area contributed by atoms with Gasteiger partial charge in [0.25, 0.3) is 5.91 Å². The van der Waals surface area contributed by atoms with Gasteiger partial charge in [0.15, 0.2) is 0 Å². The quantitative estimate of drug-likeness (QED) is 0.790. The van der Waals surface area contributed by atoms with Crippen LogP contribution in [-0.4, -0.2) is 18.0 Å². The first kappa shape index (κ1) is 15.4. The van der Waals surface area contributed by atoms with Crippen molar-refractivity contribution in [3.05, 3.63) is 33.1 Å². The van der Waals surface area contributed by atoms with E-state index in [0.29, 0.717) is 15.7 Å². The highest BCUT2D eigenvalue weighted by atomic mass is 127. The molecule has 0 saturated heterocycles. The molecule has 1 rings (SSSR count). The Balaban J connectivity index is 2.68. The minimum absolute atomic E-state index is 0.290. The van der Waals surface area contributed by atoms with Crippen molar-refractivity contribution in [1.82, 2.24) is 5.32 Å². The minimum atomic E-state index is -0.391. The molecule has 0 aliphatic rings. The van der Waals surface area contributed by atoms with Gasteiger partial charge in [-0.15, -0.1) is 0 Å². The molecule has 0 saturated carbocycles. The first-order valence-electron chi connectivity index (χ1n) is 5.94. The van der Waals surface area contributed by atoms with E-state index < -0.39 is 5.54 Å². The van der Waals surface area contributed by atoms with Crippen LogP contribution >= 0.6 is 22.6 Å². The lowest BCUT2D eigenvalue weighted by Gasteiger charge is -2.26. The fourth-order valence-electron chi connectivity index (χ4n) is 1.50. The smallest absolute Gasteiger partial charge is 0.251 e. The van der Waals surface area contributed by atoms with Crippen molar-refractivity contribution in [3.63, 3.8) is 0 Å². The summed E-state index contributed by atoms with van der Waals surface area (Å²) in [4.78, 5) is 11.9. The number of nitrogens with one attached hydrogen (secondary N) is 1. The molecule has 0 radical (unpaired) electrons. The number of benzene rings is 1. The summed E-state index contributed by atoms with van der Waals surface area (Å²) in [6.07, 6.45) is 1.57. The minimum Gasteiger partial charge on any atom is -0.350 e. The number of hydrogen-bond acceptors (Lipinski definition) is 2. The number of halogens is 2. The molecule has 0 aromatic heterocycles. The van der Waals surface area contributed by atoms with Crippen LogP contribution in [0.4, 0.5) is 4.39 Å². The molecule has 0 unspecified atom stereocenters. The molecular weight excluding hydrogens is 346 g/mol. The highest BCUT2D eigenvalue weighted by molar-refractivity contribution is 14.1. The second-order valence-electron chi connectivity index (χ2n) is 4.38. The third-order valence-corrected chi connectivity index (χ3v) is 4.07. The lowest BCUT2D eigenvalue weighted by molar-refractivity contribution is 0.0941. The van der Waals surface area contributed by atoms with Crippen LogP contribution in [-0.2, 0) is 0 Å². The van der Waals surface area contributed by atoms with E-state index in [9.17, 15) is 9.18 Å². The SMILES string of the molecule is CCC(N)(CC)CNC(=O)c1ccc(I)c(F)c1. The molecule has 18 heavy (non-hydrogen) atoms. The molecule has 0 heterocycles. The van der Waals surface area contributed by atoms with Crippen LogP contribution in [0.15, 0.2) is 18.2 Å². The molecule has 0 aliphatic heterocycles. The van der Waals surface area contributed by atoms with Crippen LogP contribution in [0.3, 0.4) is 0 Å². The molecule has 1 amide bonds. The van der Waals surface area contributed by atoms with Crippen molar-refractivity contribution >= 4 is 28.5 Å². The van der Waals surface area contributed by atoms with Crippen molar-refractivity contribution < 1.29 is 9.18 Å². The Morgan fingerprint density at radius 3 is 2.56 bits per heavy atom. The zero-order valence-corrected chi connectivity index (χ0v) is 12.8. The number of carbonyl (C=O) groups is 1. The first-order valence-corrected chi connectivity index (χ1v) is 7.02. The van der Waals surface area contributed by atoms with E-state index in [4.69, 9.17) is 5.73 Å². The molecule has 100 valence electrons. The zero-order valence-electron chi connectivity index (χ0n) is 10.6. The molecule has 3 N–H and O–H groups in total. The number of rotatable bonds is 5. The molecule has 5 heteroatoms. The topological polar surface area (TPSA) is 55.1 Å². The van der Waals surface area contributed by atoms with E-state index in [1.165, 1.54) is 6.07 Å². The normalized spacial score (nSPS) is 11.4. The number of hydrogen-bond donors (Lipinski definition) is 2. The van der Waals surface area contributed by atoms with Gasteiger partial charge < -0.3 is 11.1 Å². The standard InChI is InChI=1S/C13H18FIN2O/c1-3-13(16,4-2)8-17-12(18)9-5-6-11(15)10(14)7-9/h5-7H,3-4,8,16H2,1-2H3,(H,17,18). The highest BCUT2D eigenvalue weighted by Gasteiger charge is 2.21. The van der Waals surface area contributed by atoms with E-state index in [1.54, 1.807) is 12.1 Å². The van der Waals surface area contributed by atoms with Crippen molar-refractivity contribution in [1.29, 1.82) is 0 Å². The molecule has 0 spiro atoms. The number of amides is 1. The summed E-state index contributed by atoms with van der Waals surface area (Å²) in [5.41, 5.74) is 6.02. The largest absolute Gasteiger partial charge is 0.350 e. The summed E-state index contributed by atoms with van der Waals surface area (Å²) >= 11 is 1.88. The van der Waals surface area contributed by atoms with Gasteiger partial charge in [0.05, 0.1) is 0 Å². The number of carbonyl (C=O) groups excluding carboxylic acids is 1. The predicted molar refractivity (Wildman–Crippen MR) is 79.0 cm³/mol. The van der Waals surface area contributed by atoms with E-state index in [1.807, 2.05) is 36.4 Å². The van der Waals surface area contributed by atoms with Crippen LogP contribution < -0.4 is 11.1 Å². The van der Waals surface area contributed by atoms with Gasteiger partial charge in [-0.25, -0.2) is 4.39 Å². The zero-order chi connectivity index (χ0) is 13.8. The van der Waals surface area contributed by atoms with Crippen LogP contribution in [0.2, 0.25) is 0 Å². The summed E-state index contributed by atoms with van der Waals surface area (Å²) in [5, 5.41) is 2.76. The Labute approximate surface area is 120 Å². The van der Waals surface area contributed by atoms with Gasteiger partial charge in [0.1, 0.15) is 5.82 Å². The molecule has 0 aliphatic carbocycles. The Morgan fingerprint density at radius 1 is 1.44 bits per heavy atom. The van der Waals surface area contributed by atoms with Gasteiger partial charge in [0, 0.05) is 21.2 Å². The maximum absolute atomic E-state index is 13.3. The molecule has 0 fully saturated rings. The molecular formula is C13H18FIN2O. The van der Waals surface area contributed by atoms with E-state index in [0.717, 1.165) is 12.8 Å². The Kier molecular flexibility index (Phi) is 5.52. The fraction of sp³-hybridized carbons (Fsp3) is 0.462. The summed E-state index contributed by atoms with van der Waals surface area (Å²) < 4.78 is 13.8. The van der Waals surface area contributed by atoms with Gasteiger partial charge in [-0.3, -0.25) is 4.79 Å². The fourth-order valence-corrected chi connectivity index (χ4v) is 1.83. The van der Waals surface area contributed by atoms with Crippen molar-refractivity contribution in [3.8, 4) is 0 Å². The third kappa shape index (κ3) is 3.91. The average Bonchev–Trinajstić information content (AvgIpc) is 2.38. The van der Waals surface area contributed by atoms with E-state index >= 15 is 0 Å². The monoisotopic (exact) mass is 364 g/mol. The van der Waals surface area contributed by atoms with Crippen LogP contribution in [0.5, 0.6) is 0 Å². The first-order chi connectivity index (χ1) is 8.41. The molecule has 0 bridgehead atoms. The Hall–Kier alpha value is -0.690. The lowest BCUT2D eigenvalue weighted by atomic mass is 9.94. The van der Waals surface area contributed by atoms with E-state index in [2.05, 4.69) is 5.32 Å². The van der Waals surface area contributed by atoms with Gasteiger partial charge in [0.2, 0.25) is 0 Å². The van der Waals surface area contributed by atoms with Gasteiger partial charge in [-0.05, 0) is 53.6 Å². The van der Waals surface area contributed by atoms with Crippen molar-refractivity contribution in [2.45, 2.75) is 32.2 Å². The number of nitrogens with two attached hydrogens (primary N) is 1. The maximum atomic E-state index is 13.3. The van der Waals surface area contributed by atoms with Gasteiger partial charge >= 0.3 is 0 Å². The summed E-state index contributed by atoms with van der Waals surface area (Å²) in [6, 6.07) is 4.43. The third-order valence-electron chi connectivity index (χ3n) is 3.19. The molecule has 3 nitrogen and oxygen atoms in total. The highest BCUT2D eigenvalue weighted by Crippen LogP contribution is 2.13. The van der Waals surface area contributed by atoms with Crippen LogP contribution in [0.25, 0.3) is 0 Å². The molecule has 1 aromatic carbocycles. The predicted octanol–water partition coefficient (Wildman–Crippen LogP) is 2.68. The van der Waals surface area contributed by atoms with E-state index in [-0.39, 0.29) is 11.7 Å². The summed E-state index contributed by atoms with van der Waals surface area (Å²) in [7, 11) is 0. The van der Waals surface area contributed by atoms with Crippen molar-refractivity contribution in [2.24, 2.45) is 5.73 Å².